The van der Waals surface area contributed by atoms with Gasteiger partial charge in [-0.25, -0.2) is 9.97 Å². The van der Waals surface area contributed by atoms with E-state index in [1.165, 1.54) is 5.56 Å². The Labute approximate surface area is 142 Å². The van der Waals surface area contributed by atoms with Crippen LogP contribution in [-0.4, -0.2) is 21.5 Å². The average molecular weight is 319 g/mol. The molecule has 3 rings (SSSR count). The molecule has 5 heteroatoms. The minimum atomic E-state index is 0.688. The maximum absolute atomic E-state index is 4.45. The number of rotatable bonds is 7. The van der Waals surface area contributed by atoms with Crippen LogP contribution in [0, 0.1) is 6.92 Å². The molecule has 2 heterocycles. The van der Waals surface area contributed by atoms with Crippen molar-refractivity contribution >= 4 is 11.6 Å². The molecule has 0 saturated carbocycles. The summed E-state index contributed by atoms with van der Waals surface area (Å²) >= 11 is 0. The lowest BCUT2D eigenvalue weighted by atomic mass is 10.1. The van der Waals surface area contributed by atoms with Gasteiger partial charge >= 0.3 is 0 Å². The van der Waals surface area contributed by atoms with Gasteiger partial charge in [0.25, 0.3) is 0 Å². The van der Waals surface area contributed by atoms with Gasteiger partial charge in [-0.15, -0.1) is 0 Å². The van der Waals surface area contributed by atoms with E-state index >= 15 is 0 Å². The Morgan fingerprint density at radius 2 is 1.62 bits per heavy atom. The van der Waals surface area contributed by atoms with Crippen molar-refractivity contribution in [2.75, 3.05) is 17.2 Å². The molecule has 0 aliphatic carbocycles. The Morgan fingerprint density at radius 1 is 0.875 bits per heavy atom. The molecule has 0 atom stereocenters. The summed E-state index contributed by atoms with van der Waals surface area (Å²) in [5.74, 6) is 2.40. The van der Waals surface area contributed by atoms with Crippen molar-refractivity contribution in [3.05, 3.63) is 77.9 Å². The number of hydrogen-bond donors (Lipinski definition) is 2. The van der Waals surface area contributed by atoms with Crippen LogP contribution < -0.4 is 10.6 Å². The van der Waals surface area contributed by atoms with Gasteiger partial charge in [0, 0.05) is 31.5 Å². The zero-order chi connectivity index (χ0) is 16.6. The molecule has 2 aromatic heterocycles. The zero-order valence-electron chi connectivity index (χ0n) is 13.7. The van der Waals surface area contributed by atoms with Gasteiger partial charge in [-0.3, -0.25) is 4.98 Å². The van der Waals surface area contributed by atoms with Crippen LogP contribution in [-0.2, 0) is 13.0 Å². The predicted molar refractivity (Wildman–Crippen MR) is 97.0 cm³/mol. The Hall–Kier alpha value is -2.95. The van der Waals surface area contributed by atoms with Gasteiger partial charge in [0.15, 0.2) is 0 Å². The highest BCUT2D eigenvalue weighted by Gasteiger charge is 2.02. The molecule has 0 spiro atoms. The first-order valence-corrected chi connectivity index (χ1v) is 8.06. The fourth-order valence-corrected chi connectivity index (χ4v) is 2.42. The van der Waals surface area contributed by atoms with Crippen molar-refractivity contribution in [2.45, 2.75) is 19.9 Å². The molecule has 3 aromatic rings. The van der Waals surface area contributed by atoms with Gasteiger partial charge in [-0.2, -0.15) is 0 Å². The van der Waals surface area contributed by atoms with Gasteiger partial charge in [-0.1, -0.05) is 36.4 Å². The number of anilines is 2. The van der Waals surface area contributed by atoms with E-state index in [2.05, 4.69) is 49.9 Å². The first-order chi connectivity index (χ1) is 11.8. The summed E-state index contributed by atoms with van der Waals surface area (Å²) in [7, 11) is 0. The fraction of sp³-hybridized carbons (Fsp3) is 0.211. The number of aryl methyl sites for hydroxylation is 1. The molecule has 0 fully saturated rings. The smallest absolute Gasteiger partial charge is 0.132 e. The molecule has 24 heavy (non-hydrogen) atoms. The van der Waals surface area contributed by atoms with Crippen LogP contribution in [0.3, 0.4) is 0 Å². The molecule has 0 aliphatic heterocycles. The van der Waals surface area contributed by atoms with Crippen molar-refractivity contribution in [1.29, 1.82) is 0 Å². The van der Waals surface area contributed by atoms with Gasteiger partial charge in [0.2, 0.25) is 0 Å². The Balaban J connectivity index is 1.57. The van der Waals surface area contributed by atoms with Crippen molar-refractivity contribution < 1.29 is 0 Å². The Kier molecular flexibility index (Phi) is 5.35. The first kappa shape index (κ1) is 15.9. The molecule has 122 valence electrons. The van der Waals surface area contributed by atoms with Crippen molar-refractivity contribution in [2.24, 2.45) is 0 Å². The fourth-order valence-electron chi connectivity index (χ4n) is 2.42. The molecule has 0 unspecified atom stereocenters. The van der Waals surface area contributed by atoms with E-state index in [0.717, 1.165) is 36.0 Å². The SMILES string of the molecule is Cc1nc(NCCc2ccccc2)cc(NCc2cccnc2)n1. The van der Waals surface area contributed by atoms with E-state index in [1.807, 2.05) is 37.4 Å². The van der Waals surface area contributed by atoms with Crippen molar-refractivity contribution in [1.82, 2.24) is 15.0 Å². The average Bonchev–Trinajstić information content (AvgIpc) is 2.61. The van der Waals surface area contributed by atoms with Crippen LogP contribution in [0.5, 0.6) is 0 Å². The van der Waals surface area contributed by atoms with E-state index in [9.17, 15) is 0 Å². The molecule has 0 amide bonds. The number of benzene rings is 1. The van der Waals surface area contributed by atoms with Crippen LogP contribution in [0.1, 0.15) is 17.0 Å². The monoisotopic (exact) mass is 319 g/mol. The highest BCUT2D eigenvalue weighted by molar-refractivity contribution is 5.47. The zero-order valence-corrected chi connectivity index (χ0v) is 13.7. The molecule has 2 N–H and O–H groups in total. The van der Waals surface area contributed by atoms with Gasteiger partial charge in [-0.05, 0) is 30.5 Å². The molecule has 1 aromatic carbocycles. The van der Waals surface area contributed by atoms with Crippen LogP contribution >= 0.6 is 0 Å². The second-order valence-corrected chi connectivity index (χ2v) is 5.56. The number of nitrogens with one attached hydrogen (secondary N) is 2. The van der Waals surface area contributed by atoms with E-state index in [-0.39, 0.29) is 0 Å². The summed E-state index contributed by atoms with van der Waals surface area (Å²) in [4.78, 5) is 13.0. The molecule has 0 saturated heterocycles. The topological polar surface area (TPSA) is 62.7 Å². The van der Waals surface area contributed by atoms with Crippen LogP contribution in [0.15, 0.2) is 60.9 Å². The van der Waals surface area contributed by atoms with E-state index in [4.69, 9.17) is 0 Å². The molecular weight excluding hydrogens is 298 g/mol. The third-order valence-electron chi connectivity index (χ3n) is 3.60. The largest absolute Gasteiger partial charge is 0.370 e. The minimum absolute atomic E-state index is 0.688. The van der Waals surface area contributed by atoms with Crippen molar-refractivity contribution in [3.63, 3.8) is 0 Å². The minimum Gasteiger partial charge on any atom is -0.370 e. The number of nitrogens with zero attached hydrogens (tertiary/aromatic N) is 3. The molecule has 0 radical (unpaired) electrons. The lowest BCUT2D eigenvalue weighted by Gasteiger charge is -2.10. The van der Waals surface area contributed by atoms with Crippen LogP contribution in [0.2, 0.25) is 0 Å². The number of hydrogen-bond acceptors (Lipinski definition) is 5. The quantitative estimate of drug-likeness (QED) is 0.698. The number of aromatic nitrogens is 3. The Morgan fingerprint density at radius 3 is 2.38 bits per heavy atom. The van der Waals surface area contributed by atoms with Gasteiger partial charge < -0.3 is 10.6 Å². The highest BCUT2D eigenvalue weighted by atomic mass is 15.1. The Bertz CT molecular complexity index is 759. The number of pyridine rings is 1. The summed E-state index contributed by atoms with van der Waals surface area (Å²) in [5, 5.41) is 6.69. The highest BCUT2D eigenvalue weighted by Crippen LogP contribution is 2.12. The van der Waals surface area contributed by atoms with Gasteiger partial charge in [0.1, 0.15) is 17.5 Å². The molecule has 0 bridgehead atoms. The second-order valence-electron chi connectivity index (χ2n) is 5.56. The summed E-state index contributed by atoms with van der Waals surface area (Å²) in [6.07, 6.45) is 4.58. The summed E-state index contributed by atoms with van der Waals surface area (Å²) in [5.41, 5.74) is 2.43. The van der Waals surface area contributed by atoms with E-state index < -0.39 is 0 Å². The molecule has 0 aliphatic rings. The first-order valence-electron chi connectivity index (χ1n) is 8.06. The van der Waals surface area contributed by atoms with E-state index in [0.29, 0.717) is 6.54 Å². The van der Waals surface area contributed by atoms with Crippen LogP contribution in [0.25, 0.3) is 0 Å². The lowest BCUT2D eigenvalue weighted by molar-refractivity contribution is 0.974. The third kappa shape index (κ3) is 4.78. The second kappa shape index (κ2) is 8.06. The lowest BCUT2D eigenvalue weighted by Crippen LogP contribution is -2.09. The predicted octanol–water partition coefficient (Wildman–Crippen LogP) is 3.45. The summed E-state index contributed by atoms with van der Waals surface area (Å²) in [6.45, 7) is 3.42. The van der Waals surface area contributed by atoms with Crippen molar-refractivity contribution in [3.8, 4) is 0 Å². The van der Waals surface area contributed by atoms with Crippen LogP contribution in [0.4, 0.5) is 11.6 Å². The molecular formula is C19H21N5. The van der Waals surface area contributed by atoms with E-state index in [1.54, 1.807) is 6.20 Å². The maximum Gasteiger partial charge on any atom is 0.132 e. The maximum atomic E-state index is 4.45. The molecule has 5 nitrogen and oxygen atoms in total. The summed E-state index contributed by atoms with van der Waals surface area (Å²) in [6, 6.07) is 16.3. The normalized spacial score (nSPS) is 10.4. The standard InChI is InChI=1S/C19H21N5/c1-15-23-18(21-11-9-16-6-3-2-4-7-16)12-19(24-15)22-14-17-8-5-10-20-13-17/h2-8,10,12-13H,9,11,14H2,1H3,(H2,21,22,23,24). The third-order valence-corrected chi connectivity index (χ3v) is 3.60. The van der Waals surface area contributed by atoms with Gasteiger partial charge in [0.05, 0.1) is 0 Å². The summed E-state index contributed by atoms with van der Waals surface area (Å²) < 4.78 is 0.